The van der Waals surface area contributed by atoms with E-state index < -0.39 is 6.10 Å². The number of carbonyl (C=O) groups is 1. The van der Waals surface area contributed by atoms with Crippen LogP contribution in [0.5, 0.6) is 0 Å². The van der Waals surface area contributed by atoms with Gasteiger partial charge in [0, 0.05) is 33.3 Å². The smallest absolute Gasteiger partial charge is 0.256 e. The molecule has 0 aliphatic carbocycles. The van der Waals surface area contributed by atoms with E-state index in [1.165, 1.54) is 0 Å². The Hall–Kier alpha value is -1.39. The number of hydrogen-bond acceptors (Lipinski definition) is 3. The Bertz CT molecular complexity index is 437. The van der Waals surface area contributed by atoms with Gasteiger partial charge in [0.15, 0.2) is 6.10 Å². The van der Waals surface area contributed by atoms with Gasteiger partial charge in [-0.25, -0.2) is 0 Å². The fourth-order valence-corrected chi connectivity index (χ4v) is 3.21. The van der Waals surface area contributed by atoms with Crippen molar-refractivity contribution >= 4 is 5.91 Å². The van der Waals surface area contributed by atoms with Crippen LogP contribution < -0.4 is 5.32 Å². The highest BCUT2D eigenvalue weighted by Crippen LogP contribution is 2.29. The quantitative estimate of drug-likeness (QED) is 0.883. The molecule has 2 saturated heterocycles. The van der Waals surface area contributed by atoms with Crippen LogP contribution in [0, 0.1) is 11.8 Å². The molecular formula is C15H20N2O2. The average molecular weight is 260 g/mol. The maximum Gasteiger partial charge on any atom is 0.256 e. The molecule has 4 nitrogen and oxygen atoms in total. The average Bonchev–Trinajstić information content (AvgIpc) is 3.01. The van der Waals surface area contributed by atoms with Gasteiger partial charge in [-0.1, -0.05) is 30.3 Å². The van der Waals surface area contributed by atoms with Crippen LogP contribution in [0.15, 0.2) is 30.3 Å². The van der Waals surface area contributed by atoms with E-state index in [4.69, 9.17) is 4.74 Å². The third-order valence-electron chi connectivity index (χ3n) is 4.26. The van der Waals surface area contributed by atoms with Crippen molar-refractivity contribution in [2.24, 2.45) is 11.8 Å². The first-order chi connectivity index (χ1) is 9.29. The number of methoxy groups -OCH3 is 1. The molecule has 19 heavy (non-hydrogen) atoms. The molecule has 1 unspecified atom stereocenters. The van der Waals surface area contributed by atoms with Crippen LogP contribution in [0.2, 0.25) is 0 Å². The van der Waals surface area contributed by atoms with Crippen LogP contribution in [0.25, 0.3) is 0 Å². The minimum Gasteiger partial charge on any atom is -0.367 e. The second-order valence-corrected chi connectivity index (χ2v) is 5.45. The number of nitrogens with zero attached hydrogens (tertiary/aromatic N) is 1. The van der Waals surface area contributed by atoms with Gasteiger partial charge < -0.3 is 15.0 Å². The Labute approximate surface area is 113 Å². The van der Waals surface area contributed by atoms with Crippen LogP contribution in [0.1, 0.15) is 11.7 Å². The summed E-state index contributed by atoms with van der Waals surface area (Å²) >= 11 is 0. The lowest BCUT2D eigenvalue weighted by molar-refractivity contribution is -0.141. The lowest BCUT2D eigenvalue weighted by Gasteiger charge is -2.23. The number of hydrogen-bond donors (Lipinski definition) is 1. The minimum absolute atomic E-state index is 0.100. The van der Waals surface area contributed by atoms with Crippen LogP contribution in [0.3, 0.4) is 0 Å². The van der Waals surface area contributed by atoms with Gasteiger partial charge in [-0.15, -0.1) is 0 Å². The molecule has 3 atom stereocenters. The number of ether oxygens (including phenoxy) is 1. The van der Waals surface area contributed by atoms with E-state index >= 15 is 0 Å². The molecule has 3 rings (SSSR count). The summed E-state index contributed by atoms with van der Waals surface area (Å²) in [5.74, 6) is 1.34. The number of rotatable bonds is 3. The fourth-order valence-electron chi connectivity index (χ4n) is 3.21. The summed E-state index contributed by atoms with van der Waals surface area (Å²) < 4.78 is 5.43. The Kier molecular flexibility index (Phi) is 3.53. The molecule has 0 aromatic heterocycles. The van der Waals surface area contributed by atoms with E-state index in [1.807, 2.05) is 35.2 Å². The third kappa shape index (κ3) is 2.38. The zero-order valence-electron chi connectivity index (χ0n) is 11.2. The summed E-state index contributed by atoms with van der Waals surface area (Å²) in [6, 6.07) is 9.73. The van der Waals surface area contributed by atoms with Gasteiger partial charge in [0.1, 0.15) is 0 Å². The predicted molar refractivity (Wildman–Crippen MR) is 72.6 cm³/mol. The van der Waals surface area contributed by atoms with Crippen LogP contribution >= 0.6 is 0 Å². The molecule has 0 spiro atoms. The molecule has 1 aromatic rings. The molecule has 4 heteroatoms. The van der Waals surface area contributed by atoms with Gasteiger partial charge in [-0.3, -0.25) is 4.79 Å². The SMILES string of the molecule is COC(C(=O)N1C[C@H]2CNC[C@H]2C1)c1ccccc1. The van der Waals surface area contributed by atoms with Crippen molar-refractivity contribution < 1.29 is 9.53 Å². The Morgan fingerprint density at radius 1 is 1.26 bits per heavy atom. The summed E-state index contributed by atoms with van der Waals surface area (Å²) in [6.07, 6.45) is -0.465. The lowest BCUT2D eigenvalue weighted by atomic mass is 10.0. The van der Waals surface area contributed by atoms with E-state index in [0.717, 1.165) is 31.7 Å². The van der Waals surface area contributed by atoms with Crippen molar-refractivity contribution in [2.75, 3.05) is 33.3 Å². The summed E-state index contributed by atoms with van der Waals surface area (Å²) in [4.78, 5) is 14.6. The van der Waals surface area contributed by atoms with E-state index in [1.54, 1.807) is 7.11 Å². The number of likely N-dealkylation sites (tertiary alicyclic amines) is 1. The second kappa shape index (κ2) is 5.31. The van der Waals surface area contributed by atoms with Crippen molar-refractivity contribution in [3.8, 4) is 0 Å². The Balaban J connectivity index is 1.72. The largest absolute Gasteiger partial charge is 0.367 e. The maximum atomic E-state index is 12.6. The summed E-state index contributed by atoms with van der Waals surface area (Å²) in [5.41, 5.74) is 0.935. The molecule has 2 heterocycles. The van der Waals surface area contributed by atoms with Crippen molar-refractivity contribution in [3.63, 3.8) is 0 Å². The second-order valence-electron chi connectivity index (χ2n) is 5.45. The minimum atomic E-state index is -0.465. The summed E-state index contributed by atoms with van der Waals surface area (Å²) in [6.45, 7) is 3.81. The van der Waals surface area contributed by atoms with Crippen molar-refractivity contribution in [1.29, 1.82) is 0 Å². The Morgan fingerprint density at radius 3 is 2.47 bits per heavy atom. The van der Waals surface area contributed by atoms with Gasteiger partial charge in [-0.2, -0.15) is 0 Å². The summed E-state index contributed by atoms with van der Waals surface area (Å²) in [5, 5.41) is 3.39. The number of benzene rings is 1. The normalized spacial score (nSPS) is 27.3. The molecule has 102 valence electrons. The molecule has 2 aliphatic rings. The first-order valence-corrected chi connectivity index (χ1v) is 6.87. The van der Waals surface area contributed by atoms with Crippen molar-refractivity contribution in [2.45, 2.75) is 6.10 Å². The highest BCUT2D eigenvalue weighted by atomic mass is 16.5. The molecule has 2 aliphatic heterocycles. The van der Waals surface area contributed by atoms with E-state index in [9.17, 15) is 4.79 Å². The number of amides is 1. The van der Waals surface area contributed by atoms with E-state index in [0.29, 0.717) is 11.8 Å². The highest BCUT2D eigenvalue weighted by molar-refractivity contribution is 5.82. The van der Waals surface area contributed by atoms with E-state index in [2.05, 4.69) is 5.32 Å². The lowest BCUT2D eigenvalue weighted by Crippen LogP contribution is -2.36. The van der Waals surface area contributed by atoms with Crippen molar-refractivity contribution in [1.82, 2.24) is 10.2 Å². The zero-order chi connectivity index (χ0) is 13.2. The highest BCUT2D eigenvalue weighted by Gasteiger charge is 2.40. The van der Waals surface area contributed by atoms with Gasteiger partial charge in [-0.05, 0) is 17.4 Å². The Morgan fingerprint density at radius 2 is 1.89 bits per heavy atom. The maximum absolute atomic E-state index is 12.6. The number of carbonyl (C=O) groups excluding carboxylic acids is 1. The summed E-state index contributed by atoms with van der Waals surface area (Å²) in [7, 11) is 1.61. The standard InChI is InChI=1S/C15H20N2O2/c1-19-14(11-5-3-2-4-6-11)15(18)17-9-12-7-16-8-13(12)10-17/h2-6,12-14,16H,7-10H2,1H3/t12-,13+,14?. The first kappa shape index (κ1) is 12.6. The van der Waals surface area contributed by atoms with E-state index in [-0.39, 0.29) is 5.91 Å². The molecule has 0 bridgehead atoms. The molecule has 1 amide bonds. The molecule has 0 saturated carbocycles. The van der Waals surface area contributed by atoms with Gasteiger partial charge in [0.25, 0.3) is 5.91 Å². The van der Waals surface area contributed by atoms with Gasteiger partial charge >= 0.3 is 0 Å². The molecule has 0 radical (unpaired) electrons. The molecule has 1 N–H and O–H groups in total. The number of nitrogens with one attached hydrogen (secondary N) is 1. The van der Waals surface area contributed by atoms with Crippen LogP contribution in [0.4, 0.5) is 0 Å². The van der Waals surface area contributed by atoms with Gasteiger partial charge in [0.2, 0.25) is 0 Å². The predicted octanol–water partition coefficient (Wildman–Crippen LogP) is 1.05. The van der Waals surface area contributed by atoms with Crippen LogP contribution in [-0.4, -0.2) is 44.1 Å². The third-order valence-corrected chi connectivity index (χ3v) is 4.26. The molecule has 1 aromatic carbocycles. The van der Waals surface area contributed by atoms with Gasteiger partial charge in [0.05, 0.1) is 0 Å². The zero-order valence-corrected chi connectivity index (χ0v) is 11.2. The monoisotopic (exact) mass is 260 g/mol. The molecule has 2 fully saturated rings. The first-order valence-electron chi connectivity index (χ1n) is 6.87. The molecular weight excluding hydrogens is 240 g/mol. The topological polar surface area (TPSA) is 41.6 Å². The van der Waals surface area contributed by atoms with Crippen molar-refractivity contribution in [3.05, 3.63) is 35.9 Å². The van der Waals surface area contributed by atoms with Crippen LogP contribution in [-0.2, 0) is 9.53 Å². The fraction of sp³-hybridized carbons (Fsp3) is 0.533. The number of fused-ring (bicyclic) bond motifs is 1.